The van der Waals surface area contributed by atoms with Crippen molar-refractivity contribution >= 4 is 23.1 Å². The molecule has 0 saturated heterocycles. The van der Waals surface area contributed by atoms with Gasteiger partial charge < -0.3 is 24.8 Å². The number of hydrogen-bond donors (Lipinski definition) is 2. The third-order valence-electron chi connectivity index (χ3n) is 3.87. The largest absolute Gasteiger partial charge is 0.493 e. The van der Waals surface area contributed by atoms with Crippen molar-refractivity contribution in [1.29, 1.82) is 0 Å². The SMILES string of the molecule is COc1cc(Nc2nccc(Nc3cccc(C)c3)n2)cc(OC)c1OC. The minimum Gasteiger partial charge on any atom is -0.493 e. The van der Waals surface area contributed by atoms with E-state index in [1.807, 2.05) is 31.2 Å². The number of methoxy groups -OCH3 is 3. The van der Waals surface area contributed by atoms with Gasteiger partial charge in [0, 0.05) is 29.7 Å². The van der Waals surface area contributed by atoms with Gasteiger partial charge in [0.15, 0.2) is 11.5 Å². The Kier molecular flexibility index (Phi) is 5.61. The number of anilines is 4. The lowest BCUT2D eigenvalue weighted by molar-refractivity contribution is 0.324. The molecule has 0 atom stereocenters. The minimum absolute atomic E-state index is 0.446. The molecule has 7 nitrogen and oxygen atoms in total. The van der Waals surface area contributed by atoms with E-state index in [1.54, 1.807) is 39.7 Å². The summed E-state index contributed by atoms with van der Waals surface area (Å²) in [6.45, 7) is 2.04. The van der Waals surface area contributed by atoms with Gasteiger partial charge in [0.1, 0.15) is 5.82 Å². The summed E-state index contributed by atoms with van der Waals surface area (Å²) < 4.78 is 16.1. The summed E-state index contributed by atoms with van der Waals surface area (Å²) in [6.07, 6.45) is 1.69. The molecule has 0 radical (unpaired) electrons. The fourth-order valence-corrected chi connectivity index (χ4v) is 2.64. The molecular formula is C20H22N4O3. The number of aromatic nitrogens is 2. The molecule has 0 fully saturated rings. The molecule has 1 heterocycles. The Morgan fingerprint density at radius 2 is 1.56 bits per heavy atom. The lowest BCUT2D eigenvalue weighted by Crippen LogP contribution is -2.02. The Morgan fingerprint density at radius 1 is 0.815 bits per heavy atom. The van der Waals surface area contributed by atoms with Crippen molar-refractivity contribution < 1.29 is 14.2 Å². The molecule has 3 aromatic rings. The van der Waals surface area contributed by atoms with Gasteiger partial charge in [0.05, 0.1) is 21.3 Å². The topological polar surface area (TPSA) is 77.5 Å². The van der Waals surface area contributed by atoms with E-state index in [-0.39, 0.29) is 0 Å². The quantitative estimate of drug-likeness (QED) is 0.645. The molecule has 0 aliphatic heterocycles. The van der Waals surface area contributed by atoms with Crippen LogP contribution in [0.15, 0.2) is 48.7 Å². The Morgan fingerprint density at radius 3 is 2.19 bits per heavy atom. The first-order valence-electron chi connectivity index (χ1n) is 8.36. The maximum atomic E-state index is 5.37. The van der Waals surface area contributed by atoms with Crippen molar-refractivity contribution in [3.05, 3.63) is 54.2 Å². The number of hydrogen-bond acceptors (Lipinski definition) is 7. The maximum Gasteiger partial charge on any atom is 0.229 e. The number of ether oxygens (including phenoxy) is 3. The Balaban J connectivity index is 1.84. The Labute approximate surface area is 158 Å². The van der Waals surface area contributed by atoms with Gasteiger partial charge in [-0.05, 0) is 30.7 Å². The first kappa shape index (κ1) is 18.3. The van der Waals surface area contributed by atoms with Crippen molar-refractivity contribution in [2.45, 2.75) is 6.92 Å². The average Bonchev–Trinajstić information content (AvgIpc) is 2.67. The number of aryl methyl sites for hydroxylation is 1. The van der Waals surface area contributed by atoms with E-state index in [0.29, 0.717) is 29.0 Å². The molecule has 3 rings (SSSR count). The van der Waals surface area contributed by atoms with Crippen LogP contribution in [0.3, 0.4) is 0 Å². The van der Waals surface area contributed by atoms with Crippen molar-refractivity contribution in [3.63, 3.8) is 0 Å². The summed E-state index contributed by atoms with van der Waals surface area (Å²) in [4.78, 5) is 8.77. The highest BCUT2D eigenvalue weighted by Crippen LogP contribution is 2.40. The molecule has 2 N–H and O–H groups in total. The maximum absolute atomic E-state index is 5.37. The minimum atomic E-state index is 0.446. The monoisotopic (exact) mass is 366 g/mol. The molecule has 0 amide bonds. The Hall–Kier alpha value is -3.48. The second kappa shape index (κ2) is 8.27. The van der Waals surface area contributed by atoms with Gasteiger partial charge in [-0.3, -0.25) is 0 Å². The van der Waals surface area contributed by atoms with Gasteiger partial charge in [-0.2, -0.15) is 4.98 Å². The van der Waals surface area contributed by atoms with Crippen LogP contribution in [-0.2, 0) is 0 Å². The standard InChI is InChI=1S/C20H22N4O3/c1-13-6-5-7-14(10-13)22-18-8-9-21-20(24-18)23-15-11-16(25-2)19(27-4)17(12-15)26-3/h5-12H,1-4H3,(H2,21,22,23,24). The van der Waals surface area contributed by atoms with E-state index < -0.39 is 0 Å². The second-order valence-electron chi connectivity index (χ2n) is 5.80. The van der Waals surface area contributed by atoms with Crippen LogP contribution in [0.1, 0.15) is 5.56 Å². The van der Waals surface area contributed by atoms with Crippen molar-refractivity contribution in [1.82, 2.24) is 9.97 Å². The number of rotatable bonds is 7. The van der Waals surface area contributed by atoms with Crippen LogP contribution in [0.5, 0.6) is 17.2 Å². The van der Waals surface area contributed by atoms with E-state index in [1.165, 1.54) is 5.56 Å². The molecule has 0 unspecified atom stereocenters. The molecule has 2 aromatic carbocycles. The molecule has 0 aliphatic rings. The second-order valence-corrected chi connectivity index (χ2v) is 5.80. The highest BCUT2D eigenvalue weighted by Gasteiger charge is 2.14. The van der Waals surface area contributed by atoms with Gasteiger partial charge in [-0.1, -0.05) is 12.1 Å². The summed E-state index contributed by atoms with van der Waals surface area (Å²) in [5, 5.41) is 6.44. The van der Waals surface area contributed by atoms with Crippen molar-refractivity contribution in [2.75, 3.05) is 32.0 Å². The van der Waals surface area contributed by atoms with Gasteiger partial charge >= 0.3 is 0 Å². The van der Waals surface area contributed by atoms with E-state index in [2.05, 4.69) is 26.7 Å². The molecule has 0 saturated carbocycles. The van der Waals surface area contributed by atoms with Crippen LogP contribution in [0.2, 0.25) is 0 Å². The number of benzene rings is 2. The zero-order valence-electron chi connectivity index (χ0n) is 15.7. The van der Waals surface area contributed by atoms with Crippen LogP contribution in [0.4, 0.5) is 23.1 Å². The van der Waals surface area contributed by atoms with Gasteiger partial charge in [0.2, 0.25) is 11.7 Å². The molecule has 0 aliphatic carbocycles. The van der Waals surface area contributed by atoms with Crippen LogP contribution in [0, 0.1) is 6.92 Å². The van der Waals surface area contributed by atoms with Gasteiger partial charge in [-0.25, -0.2) is 4.98 Å². The highest BCUT2D eigenvalue weighted by molar-refractivity contribution is 5.66. The summed E-state index contributed by atoms with van der Waals surface area (Å²) in [5.74, 6) is 2.76. The van der Waals surface area contributed by atoms with E-state index >= 15 is 0 Å². The third kappa shape index (κ3) is 4.38. The van der Waals surface area contributed by atoms with Crippen LogP contribution in [-0.4, -0.2) is 31.3 Å². The summed E-state index contributed by atoms with van der Waals surface area (Å²) in [5.41, 5.74) is 2.86. The predicted octanol–water partition coefficient (Wildman–Crippen LogP) is 4.30. The summed E-state index contributed by atoms with van der Waals surface area (Å²) in [7, 11) is 4.71. The Bertz CT molecular complexity index is 906. The molecule has 0 spiro atoms. The van der Waals surface area contributed by atoms with Crippen LogP contribution >= 0.6 is 0 Å². The fraction of sp³-hybridized carbons (Fsp3) is 0.200. The number of nitrogens with zero attached hydrogens (tertiary/aromatic N) is 2. The van der Waals surface area contributed by atoms with Gasteiger partial charge in [-0.15, -0.1) is 0 Å². The molecule has 1 aromatic heterocycles. The highest BCUT2D eigenvalue weighted by atomic mass is 16.5. The first-order valence-corrected chi connectivity index (χ1v) is 8.36. The molecular weight excluding hydrogens is 344 g/mol. The zero-order chi connectivity index (χ0) is 19.2. The lowest BCUT2D eigenvalue weighted by Gasteiger charge is -2.15. The van der Waals surface area contributed by atoms with Crippen molar-refractivity contribution in [3.8, 4) is 17.2 Å². The van der Waals surface area contributed by atoms with Gasteiger partial charge in [0.25, 0.3) is 0 Å². The predicted molar refractivity (Wildman–Crippen MR) is 106 cm³/mol. The van der Waals surface area contributed by atoms with E-state index in [4.69, 9.17) is 14.2 Å². The van der Waals surface area contributed by atoms with Crippen LogP contribution in [0.25, 0.3) is 0 Å². The van der Waals surface area contributed by atoms with Crippen molar-refractivity contribution in [2.24, 2.45) is 0 Å². The van der Waals surface area contributed by atoms with Crippen LogP contribution < -0.4 is 24.8 Å². The molecule has 7 heteroatoms. The normalized spacial score (nSPS) is 10.2. The molecule has 140 valence electrons. The smallest absolute Gasteiger partial charge is 0.229 e. The average molecular weight is 366 g/mol. The first-order chi connectivity index (χ1) is 13.1. The van der Waals surface area contributed by atoms with E-state index in [9.17, 15) is 0 Å². The number of nitrogens with one attached hydrogen (secondary N) is 2. The third-order valence-corrected chi connectivity index (χ3v) is 3.87. The van der Waals surface area contributed by atoms with E-state index in [0.717, 1.165) is 11.4 Å². The zero-order valence-corrected chi connectivity index (χ0v) is 15.7. The molecule has 27 heavy (non-hydrogen) atoms. The molecule has 0 bridgehead atoms. The lowest BCUT2D eigenvalue weighted by atomic mass is 10.2. The summed E-state index contributed by atoms with van der Waals surface area (Å²) >= 11 is 0. The fourth-order valence-electron chi connectivity index (χ4n) is 2.64. The summed E-state index contributed by atoms with van der Waals surface area (Å²) in [6, 6.07) is 13.5.